The van der Waals surface area contributed by atoms with Crippen molar-refractivity contribution in [2.45, 2.75) is 25.2 Å². The number of aryl methyl sites for hydroxylation is 1. The number of carbonyl (C=O) groups excluding carboxylic acids is 1. The molecule has 0 heterocycles. The Morgan fingerprint density at radius 1 is 1.45 bits per heavy atom. The maximum Gasteiger partial charge on any atom is 0.265 e. The van der Waals surface area contributed by atoms with E-state index in [1.165, 1.54) is 6.07 Å². The Balaban J connectivity index is 2.92. The van der Waals surface area contributed by atoms with Gasteiger partial charge < -0.3 is 10.1 Å². The fraction of sp³-hybridized carbons (Fsp3) is 0.417. The monoisotopic (exact) mass is 383 g/mol. The molecule has 1 amide bonds. The van der Waals surface area contributed by atoms with Crippen molar-refractivity contribution in [3.05, 3.63) is 22.2 Å². The van der Waals surface area contributed by atoms with Gasteiger partial charge in [-0.15, -0.1) is 0 Å². The van der Waals surface area contributed by atoms with E-state index in [1.54, 1.807) is 13.0 Å². The number of benzene rings is 1. The van der Waals surface area contributed by atoms with E-state index in [4.69, 9.17) is 15.4 Å². The summed E-state index contributed by atoms with van der Waals surface area (Å²) in [7, 11) is 1.47. The Kier molecular flexibility index (Phi) is 6.29. The molecule has 0 radical (unpaired) electrons. The van der Waals surface area contributed by atoms with Crippen molar-refractivity contribution in [1.29, 1.82) is 0 Å². The first-order chi connectivity index (χ1) is 9.25. The maximum absolute atomic E-state index is 11.5. The van der Waals surface area contributed by atoms with E-state index in [2.05, 4.69) is 21.2 Å². The Labute approximate surface area is 131 Å². The first-order valence-corrected chi connectivity index (χ1v) is 9.00. The minimum Gasteiger partial charge on any atom is -0.491 e. The van der Waals surface area contributed by atoms with Crippen molar-refractivity contribution in [2.75, 3.05) is 13.2 Å². The summed E-state index contributed by atoms with van der Waals surface area (Å²) >= 11 is 3.21. The number of amides is 1. The molecular formula is C12H15BrClNO4S. The van der Waals surface area contributed by atoms with Gasteiger partial charge in [0.2, 0.25) is 5.91 Å². The third-order valence-corrected chi connectivity index (χ3v) is 4.20. The predicted molar refractivity (Wildman–Crippen MR) is 80.7 cm³/mol. The SMILES string of the molecule is CCNC(=O)CCOc1c(C)cc(Br)cc1S(=O)(=O)Cl. The minimum absolute atomic E-state index is 0.0771. The first kappa shape index (κ1) is 17.3. The van der Waals surface area contributed by atoms with Crippen molar-refractivity contribution < 1.29 is 17.9 Å². The van der Waals surface area contributed by atoms with E-state index in [0.29, 0.717) is 16.6 Å². The molecule has 1 aromatic carbocycles. The second-order valence-electron chi connectivity index (χ2n) is 4.04. The van der Waals surface area contributed by atoms with Crippen LogP contribution in [0.1, 0.15) is 18.9 Å². The lowest BCUT2D eigenvalue weighted by Gasteiger charge is -2.13. The van der Waals surface area contributed by atoms with Gasteiger partial charge in [-0.3, -0.25) is 4.79 Å². The van der Waals surface area contributed by atoms with E-state index in [9.17, 15) is 13.2 Å². The number of hydrogen-bond donors (Lipinski definition) is 1. The van der Waals surface area contributed by atoms with Gasteiger partial charge in [0, 0.05) is 21.7 Å². The molecule has 0 aromatic heterocycles. The number of halogens is 2. The van der Waals surface area contributed by atoms with E-state index in [0.717, 1.165) is 0 Å². The highest BCUT2D eigenvalue weighted by Gasteiger charge is 2.20. The molecule has 0 unspecified atom stereocenters. The molecule has 1 aromatic rings. The Hall–Kier alpha value is -0.790. The molecule has 1 N–H and O–H groups in total. The molecule has 20 heavy (non-hydrogen) atoms. The van der Waals surface area contributed by atoms with Crippen LogP contribution in [0.25, 0.3) is 0 Å². The zero-order valence-corrected chi connectivity index (χ0v) is 14.2. The molecule has 0 aliphatic carbocycles. The third-order valence-electron chi connectivity index (χ3n) is 2.42. The largest absolute Gasteiger partial charge is 0.491 e. The molecule has 0 aliphatic heterocycles. The first-order valence-electron chi connectivity index (χ1n) is 5.90. The lowest BCUT2D eigenvalue weighted by molar-refractivity contribution is -0.121. The van der Waals surface area contributed by atoms with Crippen LogP contribution in [0.2, 0.25) is 0 Å². The van der Waals surface area contributed by atoms with Crippen molar-refractivity contribution >= 4 is 41.6 Å². The summed E-state index contributed by atoms with van der Waals surface area (Å²) in [5, 5.41) is 2.63. The van der Waals surface area contributed by atoms with Crippen LogP contribution in [0.4, 0.5) is 0 Å². The quantitative estimate of drug-likeness (QED) is 0.765. The highest BCUT2D eigenvalue weighted by molar-refractivity contribution is 9.10. The molecular weight excluding hydrogens is 370 g/mol. The van der Waals surface area contributed by atoms with Gasteiger partial charge in [0.25, 0.3) is 9.05 Å². The summed E-state index contributed by atoms with van der Waals surface area (Å²) in [6, 6.07) is 3.09. The zero-order chi connectivity index (χ0) is 15.3. The highest BCUT2D eigenvalue weighted by atomic mass is 79.9. The molecule has 0 fully saturated rings. The summed E-state index contributed by atoms with van der Waals surface area (Å²) in [5.74, 6) is 0.0186. The van der Waals surface area contributed by atoms with Crippen LogP contribution in [0, 0.1) is 6.92 Å². The normalized spacial score (nSPS) is 11.2. The van der Waals surface area contributed by atoms with Crippen LogP contribution in [0.15, 0.2) is 21.5 Å². The number of nitrogens with one attached hydrogen (secondary N) is 1. The van der Waals surface area contributed by atoms with Crippen molar-refractivity contribution in [1.82, 2.24) is 5.32 Å². The molecule has 5 nitrogen and oxygen atoms in total. The molecule has 8 heteroatoms. The Morgan fingerprint density at radius 3 is 2.65 bits per heavy atom. The smallest absolute Gasteiger partial charge is 0.265 e. The summed E-state index contributed by atoms with van der Waals surface area (Å²) < 4.78 is 29.1. The fourth-order valence-electron chi connectivity index (χ4n) is 1.60. The van der Waals surface area contributed by atoms with E-state index >= 15 is 0 Å². The maximum atomic E-state index is 11.5. The van der Waals surface area contributed by atoms with Gasteiger partial charge in [-0.2, -0.15) is 0 Å². The average molecular weight is 385 g/mol. The Morgan fingerprint density at radius 2 is 2.10 bits per heavy atom. The highest BCUT2D eigenvalue weighted by Crippen LogP contribution is 2.33. The molecule has 0 atom stereocenters. The summed E-state index contributed by atoms with van der Waals surface area (Å²) in [4.78, 5) is 11.2. The number of ether oxygens (including phenoxy) is 1. The van der Waals surface area contributed by atoms with Crippen molar-refractivity contribution in [3.8, 4) is 5.75 Å². The van der Waals surface area contributed by atoms with Gasteiger partial charge in [0.15, 0.2) is 0 Å². The second kappa shape index (κ2) is 7.28. The molecule has 0 aliphatic rings. The lowest BCUT2D eigenvalue weighted by atomic mass is 10.2. The van der Waals surface area contributed by atoms with Gasteiger partial charge in [-0.05, 0) is 31.5 Å². The van der Waals surface area contributed by atoms with E-state index < -0.39 is 9.05 Å². The molecule has 0 spiro atoms. The van der Waals surface area contributed by atoms with Crippen molar-refractivity contribution in [2.24, 2.45) is 0 Å². The van der Waals surface area contributed by atoms with Gasteiger partial charge in [-0.25, -0.2) is 8.42 Å². The van der Waals surface area contributed by atoms with Gasteiger partial charge >= 0.3 is 0 Å². The van der Waals surface area contributed by atoms with E-state index in [-0.39, 0.29) is 29.6 Å². The fourth-order valence-corrected chi connectivity index (χ4v) is 3.37. The molecule has 0 bridgehead atoms. The Bertz CT molecular complexity index is 604. The van der Waals surface area contributed by atoms with Crippen molar-refractivity contribution in [3.63, 3.8) is 0 Å². The van der Waals surface area contributed by atoms with Gasteiger partial charge in [0.05, 0.1) is 13.0 Å². The molecule has 0 saturated heterocycles. The number of rotatable bonds is 6. The number of carbonyl (C=O) groups is 1. The standard InChI is InChI=1S/C12H15BrClNO4S/c1-3-15-11(16)4-5-19-12-8(2)6-9(13)7-10(12)20(14,17)18/h6-7H,3-5H2,1-2H3,(H,15,16). The van der Waals surface area contributed by atoms with Crippen LogP contribution in [-0.2, 0) is 13.8 Å². The lowest BCUT2D eigenvalue weighted by Crippen LogP contribution is -2.24. The average Bonchev–Trinajstić information content (AvgIpc) is 2.30. The summed E-state index contributed by atoms with van der Waals surface area (Å²) in [6.45, 7) is 4.14. The van der Waals surface area contributed by atoms with Crippen LogP contribution < -0.4 is 10.1 Å². The molecule has 0 saturated carbocycles. The van der Waals surface area contributed by atoms with Crippen LogP contribution in [0.5, 0.6) is 5.75 Å². The van der Waals surface area contributed by atoms with Gasteiger partial charge in [-0.1, -0.05) is 15.9 Å². The summed E-state index contributed by atoms with van der Waals surface area (Å²) in [5.41, 5.74) is 0.620. The van der Waals surface area contributed by atoms with Crippen LogP contribution in [0.3, 0.4) is 0 Å². The zero-order valence-electron chi connectivity index (χ0n) is 11.1. The second-order valence-corrected chi connectivity index (χ2v) is 7.49. The predicted octanol–water partition coefficient (Wildman–Crippen LogP) is 2.59. The van der Waals surface area contributed by atoms with Crippen LogP contribution >= 0.6 is 26.6 Å². The minimum atomic E-state index is -3.92. The van der Waals surface area contributed by atoms with Crippen LogP contribution in [-0.4, -0.2) is 27.5 Å². The third kappa shape index (κ3) is 4.96. The summed E-state index contributed by atoms with van der Waals surface area (Å²) in [6.07, 6.45) is 0.144. The number of hydrogen-bond acceptors (Lipinski definition) is 4. The molecule has 1 rings (SSSR count). The van der Waals surface area contributed by atoms with Gasteiger partial charge in [0.1, 0.15) is 10.6 Å². The van der Waals surface area contributed by atoms with E-state index in [1.807, 2.05) is 6.92 Å². The molecule has 112 valence electrons. The topological polar surface area (TPSA) is 72.5 Å².